The summed E-state index contributed by atoms with van der Waals surface area (Å²) in [6.07, 6.45) is 1.98. The van der Waals surface area contributed by atoms with Crippen molar-refractivity contribution in [1.29, 1.82) is 0 Å². The first-order valence-corrected chi connectivity index (χ1v) is 10.0. The molecule has 0 unspecified atom stereocenters. The molecule has 0 aliphatic carbocycles. The lowest BCUT2D eigenvalue weighted by Gasteiger charge is -2.27. The zero-order chi connectivity index (χ0) is 21.5. The van der Waals surface area contributed by atoms with Gasteiger partial charge in [-0.25, -0.2) is 14.5 Å². The minimum absolute atomic E-state index is 0.297. The number of pyridine rings is 1. The lowest BCUT2D eigenvalue weighted by Crippen LogP contribution is -2.38. The molecule has 3 heterocycles. The van der Waals surface area contributed by atoms with Gasteiger partial charge in [0.05, 0.1) is 28.1 Å². The summed E-state index contributed by atoms with van der Waals surface area (Å²) in [7, 11) is 0. The topological polar surface area (TPSA) is 85.2 Å². The summed E-state index contributed by atoms with van der Waals surface area (Å²) in [6.45, 7) is 1.86. The van der Waals surface area contributed by atoms with Crippen molar-refractivity contribution in [3.8, 4) is 5.82 Å². The Kier molecular flexibility index (Phi) is 4.43. The van der Waals surface area contributed by atoms with Crippen molar-refractivity contribution in [2.24, 2.45) is 0 Å². The number of amides is 2. The number of hydrogen-bond acceptors (Lipinski definition) is 5. The van der Waals surface area contributed by atoms with E-state index in [0.29, 0.717) is 40.1 Å². The largest absolute Gasteiger partial charge is 0.269 e. The molecular weight excluding hydrogens is 392 g/mol. The molecule has 0 saturated carbocycles. The second-order valence-electron chi connectivity index (χ2n) is 7.27. The summed E-state index contributed by atoms with van der Waals surface area (Å²) >= 11 is 0. The van der Waals surface area contributed by atoms with Crippen LogP contribution in [-0.2, 0) is 0 Å². The van der Waals surface area contributed by atoms with E-state index in [9.17, 15) is 14.4 Å². The van der Waals surface area contributed by atoms with Crippen LogP contribution in [0, 0.1) is 0 Å². The number of fused-ring (bicyclic) bond motifs is 2. The molecule has 0 N–H and O–H groups in total. The van der Waals surface area contributed by atoms with Gasteiger partial charge in [0, 0.05) is 6.20 Å². The smallest absolute Gasteiger partial charge is 0.267 e. The minimum Gasteiger partial charge on any atom is -0.269 e. The van der Waals surface area contributed by atoms with Gasteiger partial charge in [0.15, 0.2) is 0 Å². The molecule has 1 aliphatic heterocycles. The van der Waals surface area contributed by atoms with Gasteiger partial charge in [0.2, 0.25) is 0 Å². The van der Waals surface area contributed by atoms with Crippen molar-refractivity contribution in [3.63, 3.8) is 0 Å². The average Bonchev–Trinajstić information content (AvgIpc) is 3.06. The van der Waals surface area contributed by atoms with Gasteiger partial charge < -0.3 is 0 Å². The lowest BCUT2D eigenvalue weighted by molar-refractivity contribution is 0.0568. The number of carbonyl (C=O) groups is 2. The van der Waals surface area contributed by atoms with Crippen LogP contribution in [0.25, 0.3) is 16.7 Å². The van der Waals surface area contributed by atoms with Crippen molar-refractivity contribution in [2.45, 2.75) is 19.4 Å². The third-order valence-corrected chi connectivity index (χ3v) is 5.50. The van der Waals surface area contributed by atoms with Gasteiger partial charge in [-0.1, -0.05) is 37.3 Å². The van der Waals surface area contributed by atoms with Crippen molar-refractivity contribution in [1.82, 2.24) is 19.4 Å². The summed E-state index contributed by atoms with van der Waals surface area (Å²) in [6, 6.07) is 18.3. The van der Waals surface area contributed by atoms with E-state index in [1.165, 1.54) is 9.47 Å². The Morgan fingerprint density at radius 3 is 2.13 bits per heavy atom. The van der Waals surface area contributed by atoms with Crippen LogP contribution in [0.1, 0.15) is 45.9 Å². The molecule has 0 saturated heterocycles. The SMILES string of the molecule is CC[C@H](c1nc2ccccc2c(=O)n1-c1ccccn1)N1C(=O)c2ccccc2C1=O. The minimum atomic E-state index is -0.730. The predicted octanol–water partition coefficient (Wildman–Crippen LogP) is 3.53. The standard InChI is InChI=1S/C24H18N4O3/c1-2-19(27-22(29)15-9-3-4-10-16(15)23(27)30)21-26-18-12-6-5-11-17(18)24(31)28(21)20-13-7-8-14-25-20/h3-14,19H,2H2,1H3/t19-/m1/s1. The van der Waals surface area contributed by atoms with Gasteiger partial charge in [0.1, 0.15) is 11.6 Å². The molecule has 152 valence electrons. The Bertz CT molecular complexity index is 1360. The highest BCUT2D eigenvalue weighted by molar-refractivity contribution is 6.21. The quantitative estimate of drug-likeness (QED) is 0.481. The fourth-order valence-corrected chi connectivity index (χ4v) is 4.05. The second-order valence-corrected chi connectivity index (χ2v) is 7.27. The van der Waals surface area contributed by atoms with Gasteiger partial charge in [-0.3, -0.25) is 19.3 Å². The molecule has 5 rings (SSSR count). The van der Waals surface area contributed by atoms with Crippen molar-refractivity contribution < 1.29 is 9.59 Å². The van der Waals surface area contributed by atoms with E-state index in [1.54, 1.807) is 72.9 Å². The summed E-state index contributed by atoms with van der Waals surface area (Å²) in [4.78, 5) is 50.0. The monoisotopic (exact) mass is 410 g/mol. The lowest BCUT2D eigenvalue weighted by atomic mass is 10.1. The zero-order valence-corrected chi connectivity index (χ0v) is 16.7. The van der Waals surface area contributed by atoms with Crippen LogP contribution in [-0.4, -0.2) is 31.2 Å². The highest BCUT2D eigenvalue weighted by Crippen LogP contribution is 2.33. The van der Waals surface area contributed by atoms with Crippen LogP contribution in [0.3, 0.4) is 0 Å². The Morgan fingerprint density at radius 1 is 0.839 bits per heavy atom. The van der Waals surface area contributed by atoms with E-state index in [4.69, 9.17) is 4.98 Å². The van der Waals surface area contributed by atoms with Crippen LogP contribution in [0.2, 0.25) is 0 Å². The van der Waals surface area contributed by atoms with Crippen molar-refractivity contribution in [3.05, 3.63) is 100 Å². The fourth-order valence-electron chi connectivity index (χ4n) is 4.05. The third kappa shape index (κ3) is 2.85. The zero-order valence-electron chi connectivity index (χ0n) is 16.7. The average molecular weight is 410 g/mol. The summed E-state index contributed by atoms with van der Waals surface area (Å²) in [5, 5.41) is 0.439. The molecule has 2 amide bonds. The van der Waals surface area contributed by atoms with Gasteiger partial charge in [-0.15, -0.1) is 0 Å². The molecule has 7 nitrogen and oxygen atoms in total. The normalized spacial score (nSPS) is 14.2. The molecule has 31 heavy (non-hydrogen) atoms. The summed E-state index contributed by atoms with van der Waals surface area (Å²) in [5.41, 5.74) is 0.927. The molecular formula is C24H18N4O3. The van der Waals surface area contributed by atoms with Crippen LogP contribution >= 0.6 is 0 Å². The van der Waals surface area contributed by atoms with Gasteiger partial charge in [-0.05, 0) is 42.8 Å². The Labute approximate surface area is 177 Å². The van der Waals surface area contributed by atoms with E-state index < -0.39 is 6.04 Å². The third-order valence-electron chi connectivity index (χ3n) is 5.50. The molecule has 7 heteroatoms. The van der Waals surface area contributed by atoms with E-state index >= 15 is 0 Å². The molecule has 1 atom stereocenters. The predicted molar refractivity (Wildman–Crippen MR) is 115 cm³/mol. The van der Waals surface area contributed by atoms with Crippen LogP contribution in [0.5, 0.6) is 0 Å². The maximum Gasteiger partial charge on any atom is 0.267 e. The molecule has 1 aliphatic rings. The molecule has 0 spiro atoms. The molecule has 2 aromatic heterocycles. The van der Waals surface area contributed by atoms with Crippen LogP contribution in [0.4, 0.5) is 0 Å². The molecule has 2 aromatic carbocycles. The molecule has 4 aromatic rings. The Morgan fingerprint density at radius 2 is 1.48 bits per heavy atom. The van der Waals surface area contributed by atoms with Gasteiger partial charge >= 0.3 is 0 Å². The number of hydrogen-bond donors (Lipinski definition) is 0. The summed E-state index contributed by atoms with van der Waals surface area (Å²) < 4.78 is 1.40. The van der Waals surface area contributed by atoms with Crippen molar-refractivity contribution in [2.75, 3.05) is 0 Å². The van der Waals surface area contributed by atoms with Crippen molar-refractivity contribution >= 4 is 22.7 Å². The first-order valence-electron chi connectivity index (χ1n) is 10.0. The number of benzene rings is 2. The first-order chi connectivity index (χ1) is 15.1. The first kappa shape index (κ1) is 18.9. The van der Waals surface area contributed by atoms with E-state index in [1.807, 2.05) is 6.92 Å². The summed E-state index contributed by atoms with van der Waals surface area (Å²) in [5.74, 6) is -0.0833. The number of carbonyl (C=O) groups excluding carboxylic acids is 2. The number of imide groups is 1. The second kappa shape index (κ2) is 7.28. The molecule has 0 bridgehead atoms. The highest BCUT2D eigenvalue weighted by Gasteiger charge is 2.41. The fraction of sp³-hybridized carbons (Fsp3) is 0.125. The highest BCUT2D eigenvalue weighted by atomic mass is 16.2. The molecule has 0 radical (unpaired) electrons. The van der Waals surface area contributed by atoms with Crippen LogP contribution < -0.4 is 5.56 Å². The number of para-hydroxylation sites is 1. The van der Waals surface area contributed by atoms with Gasteiger partial charge in [0.25, 0.3) is 17.4 Å². The maximum absolute atomic E-state index is 13.5. The number of rotatable bonds is 4. The van der Waals surface area contributed by atoms with E-state index in [0.717, 1.165) is 0 Å². The number of aromatic nitrogens is 3. The Hall–Kier alpha value is -4.13. The van der Waals surface area contributed by atoms with E-state index in [2.05, 4.69) is 4.98 Å². The van der Waals surface area contributed by atoms with E-state index in [-0.39, 0.29) is 17.4 Å². The molecule has 0 fully saturated rings. The van der Waals surface area contributed by atoms with Crippen LogP contribution in [0.15, 0.2) is 77.7 Å². The van der Waals surface area contributed by atoms with Gasteiger partial charge in [-0.2, -0.15) is 0 Å². The Balaban J connectivity index is 1.77. The maximum atomic E-state index is 13.5. The number of nitrogens with zero attached hydrogens (tertiary/aromatic N) is 4.